The molecule has 27 heavy (non-hydrogen) atoms. The lowest BCUT2D eigenvalue weighted by atomic mass is 10.2. The number of para-hydroxylation sites is 3. The predicted octanol–water partition coefficient (Wildman–Crippen LogP) is 2.67. The van der Waals surface area contributed by atoms with Gasteiger partial charge in [0.15, 0.2) is 0 Å². The maximum atomic E-state index is 12.4. The molecule has 1 aliphatic rings. The van der Waals surface area contributed by atoms with Crippen molar-refractivity contribution in [3.63, 3.8) is 0 Å². The van der Waals surface area contributed by atoms with Gasteiger partial charge < -0.3 is 15.0 Å². The summed E-state index contributed by atoms with van der Waals surface area (Å²) in [7, 11) is 1.62. The quantitative estimate of drug-likeness (QED) is 0.732. The van der Waals surface area contributed by atoms with Crippen LogP contribution in [0.25, 0.3) is 5.69 Å². The molecule has 0 saturated heterocycles. The number of hydrogen-bond acceptors (Lipinski definition) is 4. The maximum absolute atomic E-state index is 12.4. The van der Waals surface area contributed by atoms with Crippen molar-refractivity contribution >= 4 is 11.6 Å². The highest BCUT2D eigenvalue weighted by atomic mass is 16.5. The molecule has 2 heterocycles. The molecule has 0 fully saturated rings. The summed E-state index contributed by atoms with van der Waals surface area (Å²) < 4.78 is 7.01. The number of methoxy groups -OCH3 is 1. The average Bonchev–Trinajstić information content (AvgIpc) is 3.36. The first-order chi connectivity index (χ1) is 13.3. The number of anilines is 1. The van der Waals surface area contributed by atoms with E-state index in [1.807, 2.05) is 24.3 Å². The van der Waals surface area contributed by atoms with Crippen molar-refractivity contribution in [1.29, 1.82) is 0 Å². The summed E-state index contributed by atoms with van der Waals surface area (Å²) in [5, 5.41) is 7.28. The fourth-order valence-corrected chi connectivity index (χ4v) is 3.44. The Kier molecular flexibility index (Phi) is 4.78. The Morgan fingerprint density at radius 3 is 2.78 bits per heavy atom. The van der Waals surface area contributed by atoms with E-state index < -0.39 is 0 Å². The van der Waals surface area contributed by atoms with Crippen molar-refractivity contribution in [1.82, 2.24) is 15.1 Å². The van der Waals surface area contributed by atoms with Gasteiger partial charge in [-0.2, -0.15) is 5.10 Å². The smallest absolute Gasteiger partial charge is 0.254 e. The predicted molar refractivity (Wildman–Crippen MR) is 105 cm³/mol. The molecule has 1 N–H and O–H groups in total. The van der Waals surface area contributed by atoms with E-state index in [2.05, 4.69) is 39.6 Å². The highest BCUT2D eigenvalue weighted by Gasteiger charge is 2.18. The summed E-state index contributed by atoms with van der Waals surface area (Å²) >= 11 is 0. The zero-order valence-electron chi connectivity index (χ0n) is 15.3. The van der Waals surface area contributed by atoms with Crippen LogP contribution in [0.5, 0.6) is 5.75 Å². The van der Waals surface area contributed by atoms with Crippen LogP contribution in [-0.4, -0.2) is 42.4 Å². The molecule has 3 aromatic rings. The number of amides is 1. The Hall–Kier alpha value is -3.28. The first-order valence-electron chi connectivity index (χ1n) is 9.05. The molecular formula is C21H22N4O2. The molecule has 1 amide bonds. The standard InChI is InChI=1S/C21H22N4O2/c1-27-20-9-5-4-8-19(20)25-15-17(14-23-25)21(26)22-11-13-24-12-10-16-6-2-3-7-18(16)24/h2-9,14-15H,10-13H2,1H3,(H,22,26). The number of carbonyl (C=O) groups excluding carboxylic acids is 1. The van der Waals surface area contributed by atoms with Gasteiger partial charge in [-0.3, -0.25) is 4.79 Å². The number of benzene rings is 2. The second-order valence-corrected chi connectivity index (χ2v) is 6.47. The molecule has 0 saturated carbocycles. The van der Waals surface area contributed by atoms with Crippen molar-refractivity contribution in [2.24, 2.45) is 0 Å². The van der Waals surface area contributed by atoms with Crippen LogP contribution in [0.2, 0.25) is 0 Å². The second-order valence-electron chi connectivity index (χ2n) is 6.47. The highest BCUT2D eigenvalue weighted by Crippen LogP contribution is 2.26. The largest absolute Gasteiger partial charge is 0.494 e. The summed E-state index contributed by atoms with van der Waals surface area (Å²) in [5.74, 6) is 0.587. The van der Waals surface area contributed by atoms with Gasteiger partial charge >= 0.3 is 0 Å². The van der Waals surface area contributed by atoms with Gasteiger partial charge in [0.25, 0.3) is 5.91 Å². The molecule has 138 valence electrons. The van der Waals surface area contributed by atoms with Gasteiger partial charge in [0.2, 0.25) is 0 Å². The summed E-state index contributed by atoms with van der Waals surface area (Å²) in [6.45, 7) is 2.39. The van der Waals surface area contributed by atoms with Gasteiger partial charge in [-0.15, -0.1) is 0 Å². The van der Waals surface area contributed by atoms with Gasteiger partial charge in [-0.1, -0.05) is 30.3 Å². The Balaban J connectivity index is 1.37. The van der Waals surface area contributed by atoms with E-state index in [1.54, 1.807) is 24.2 Å². The fourth-order valence-electron chi connectivity index (χ4n) is 3.44. The zero-order chi connectivity index (χ0) is 18.6. The van der Waals surface area contributed by atoms with Crippen LogP contribution in [0, 0.1) is 0 Å². The molecule has 0 radical (unpaired) electrons. The van der Waals surface area contributed by atoms with Crippen molar-refractivity contribution in [2.75, 3.05) is 31.6 Å². The summed E-state index contributed by atoms with van der Waals surface area (Å²) in [5.41, 5.74) is 3.98. The van der Waals surface area contributed by atoms with E-state index in [9.17, 15) is 4.79 Å². The Labute approximate surface area is 158 Å². The van der Waals surface area contributed by atoms with Gasteiger partial charge in [0.05, 0.1) is 18.9 Å². The number of aromatic nitrogens is 2. The number of nitrogens with zero attached hydrogens (tertiary/aromatic N) is 3. The lowest BCUT2D eigenvalue weighted by Gasteiger charge is -2.19. The van der Waals surface area contributed by atoms with Crippen LogP contribution in [0.1, 0.15) is 15.9 Å². The highest BCUT2D eigenvalue weighted by molar-refractivity contribution is 5.93. The van der Waals surface area contributed by atoms with E-state index in [1.165, 1.54) is 11.3 Å². The normalized spacial score (nSPS) is 12.7. The third-order valence-electron chi connectivity index (χ3n) is 4.83. The molecule has 4 rings (SSSR count). The van der Waals surface area contributed by atoms with Crippen LogP contribution in [0.15, 0.2) is 60.9 Å². The van der Waals surface area contributed by atoms with E-state index in [-0.39, 0.29) is 5.91 Å². The lowest BCUT2D eigenvalue weighted by Crippen LogP contribution is -2.34. The summed E-state index contributed by atoms with van der Waals surface area (Å²) in [6.07, 6.45) is 4.36. The van der Waals surface area contributed by atoms with Crippen LogP contribution in [0.4, 0.5) is 5.69 Å². The molecule has 1 aromatic heterocycles. The average molecular weight is 362 g/mol. The number of fused-ring (bicyclic) bond motifs is 1. The number of carbonyl (C=O) groups is 1. The molecule has 6 heteroatoms. The minimum Gasteiger partial charge on any atom is -0.494 e. The molecule has 0 atom stereocenters. The van der Waals surface area contributed by atoms with E-state index >= 15 is 0 Å². The zero-order valence-corrected chi connectivity index (χ0v) is 15.3. The Morgan fingerprint density at radius 2 is 1.93 bits per heavy atom. The molecule has 0 unspecified atom stereocenters. The lowest BCUT2D eigenvalue weighted by molar-refractivity contribution is 0.0954. The molecular weight excluding hydrogens is 340 g/mol. The molecule has 2 aromatic carbocycles. The van der Waals surface area contributed by atoms with Gasteiger partial charge in [0, 0.05) is 31.5 Å². The minimum atomic E-state index is -0.122. The summed E-state index contributed by atoms with van der Waals surface area (Å²) in [4.78, 5) is 14.8. The minimum absolute atomic E-state index is 0.122. The maximum Gasteiger partial charge on any atom is 0.254 e. The number of rotatable bonds is 6. The second kappa shape index (κ2) is 7.53. The van der Waals surface area contributed by atoms with Crippen LogP contribution in [-0.2, 0) is 6.42 Å². The molecule has 0 aliphatic carbocycles. The first kappa shape index (κ1) is 17.1. The third-order valence-corrected chi connectivity index (χ3v) is 4.83. The van der Waals surface area contributed by atoms with Gasteiger partial charge in [-0.25, -0.2) is 4.68 Å². The van der Waals surface area contributed by atoms with E-state index in [0.717, 1.165) is 25.2 Å². The van der Waals surface area contributed by atoms with Crippen molar-refractivity contribution in [2.45, 2.75) is 6.42 Å². The molecule has 0 bridgehead atoms. The van der Waals surface area contributed by atoms with E-state index in [0.29, 0.717) is 17.9 Å². The van der Waals surface area contributed by atoms with Crippen molar-refractivity contribution in [3.8, 4) is 11.4 Å². The van der Waals surface area contributed by atoms with Crippen LogP contribution >= 0.6 is 0 Å². The molecule has 1 aliphatic heterocycles. The molecule has 6 nitrogen and oxygen atoms in total. The van der Waals surface area contributed by atoms with Crippen LogP contribution < -0.4 is 15.0 Å². The molecule has 0 spiro atoms. The third kappa shape index (κ3) is 3.51. The van der Waals surface area contributed by atoms with Gasteiger partial charge in [-0.05, 0) is 30.2 Å². The topological polar surface area (TPSA) is 59.4 Å². The Morgan fingerprint density at radius 1 is 1.15 bits per heavy atom. The first-order valence-corrected chi connectivity index (χ1v) is 9.05. The Bertz CT molecular complexity index is 951. The SMILES string of the molecule is COc1ccccc1-n1cc(C(=O)NCCN2CCc3ccccc32)cn1. The number of hydrogen-bond donors (Lipinski definition) is 1. The van der Waals surface area contributed by atoms with Crippen molar-refractivity contribution < 1.29 is 9.53 Å². The van der Waals surface area contributed by atoms with Crippen molar-refractivity contribution in [3.05, 3.63) is 72.1 Å². The van der Waals surface area contributed by atoms with E-state index in [4.69, 9.17) is 4.74 Å². The number of nitrogens with one attached hydrogen (secondary N) is 1. The fraction of sp³-hybridized carbons (Fsp3) is 0.238. The van der Waals surface area contributed by atoms with Gasteiger partial charge in [0.1, 0.15) is 11.4 Å². The summed E-state index contributed by atoms with van der Waals surface area (Å²) in [6, 6.07) is 16.0. The van der Waals surface area contributed by atoms with Crippen LogP contribution in [0.3, 0.4) is 0 Å². The number of ether oxygens (including phenoxy) is 1. The monoisotopic (exact) mass is 362 g/mol.